The van der Waals surface area contributed by atoms with Crippen molar-refractivity contribution in [1.29, 1.82) is 0 Å². The Morgan fingerprint density at radius 2 is 2.11 bits per heavy atom. The molecule has 0 saturated heterocycles. The minimum absolute atomic E-state index is 0.275. The first kappa shape index (κ1) is 15.0. The van der Waals surface area contributed by atoms with Crippen molar-refractivity contribution in [2.45, 2.75) is 25.8 Å². The number of carbonyl (C=O) groups excluding carboxylic acids is 1. The lowest BCUT2D eigenvalue weighted by Crippen LogP contribution is -2.53. The van der Waals surface area contributed by atoms with Crippen LogP contribution in [0.3, 0.4) is 0 Å². The molecule has 1 atom stereocenters. The van der Waals surface area contributed by atoms with Crippen molar-refractivity contribution in [3.05, 3.63) is 45.8 Å². The summed E-state index contributed by atoms with van der Waals surface area (Å²) in [5, 5.41) is 6.56. The molecule has 0 aliphatic heterocycles. The van der Waals surface area contributed by atoms with E-state index in [2.05, 4.69) is 15.3 Å². The Balaban J connectivity index is 3.01. The van der Waals surface area contributed by atoms with Gasteiger partial charge in [0.05, 0.1) is 0 Å². The van der Waals surface area contributed by atoms with Crippen LogP contribution in [0.15, 0.2) is 29.4 Å². The molecule has 0 heterocycles. The predicted octanol–water partition coefficient (Wildman–Crippen LogP) is 1.99. The zero-order chi connectivity index (χ0) is 14.3. The molecular formula is C13H19N5O. The van der Waals surface area contributed by atoms with Gasteiger partial charge < -0.3 is 5.73 Å². The number of amides is 1. The van der Waals surface area contributed by atoms with E-state index >= 15 is 0 Å². The number of nitrogens with two attached hydrogens (primary N) is 1. The maximum atomic E-state index is 11.9. The Morgan fingerprint density at radius 3 is 2.58 bits per heavy atom. The number of carbonyl (C=O) groups is 1. The normalized spacial score (nSPS) is 13.4. The molecule has 0 saturated carbocycles. The smallest absolute Gasteiger partial charge is 0.242 e. The molecule has 1 aromatic rings. The van der Waals surface area contributed by atoms with Gasteiger partial charge in [-0.15, -0.1) is 0 Å². The van der Waals surface area contributed by atoms with Crippen molar-refractivity contribution in [1.82, 2.24) is 5.32 Å². The monoisotopic (exact) mass is 261 g/mol. The minimum atomic E-state index is -0.918. The summed E-state index contributed by atoms with van der Waals surface area (Å²) >= 11 is 0. The highest BCUT2D eigenvalue weighted by molar-refractivity contribution is 5.86. The highest BCUT2D eigenvalue weighted by atomic mass is 16.1. The lowest BCUT2D eigenvalue weighted by Gasteiger charge is -2.31. The van der Waals surface area contributed by atoms with E-state index in [0.717, 1.165) is 11.1 Å². The molecular weight excluding hydrogens is 242 g/mol. The van der Waals surface area contributed by atoms with Crippen LogP contribution in [0.25, 0.3) is 10.4 Å². The van der Waals surface area contributed by atoms with Crippen LogP contribution in [-0.2, 0) is 10.3 Å². The molecule has 1 unspecified atom stereocenters. The minimum Gasteiger partial charge on any atom is -0.368 e. The van der Waals surface area contributed by atoms with E-state index in [1.165, 1.54) is 0 Å². The van der Waals surface area contributed by atoms with E-state index in [1.54, 1.807) is 0 Å². The van der Waals surface area contributed by atoms with Gasteiger partial charge in [-0.05, 0) is 24.4 Å². The Bertz CT molecular complexity index is 478. The van der Waals surface area contributed by atoms with Gasteiger partial charge in [0, 0.05) is 18.0 Å². The number of hydrogen-bond donors (Lipinski definition) is 2. The Labute approximate surface area is 112 Å². The van der Waals surface area contributed by atoms with Crippen molar-refractivity contribution >= 4 is 5.91 Å². The highest BCUT2D eigenvalue weighted by Crippen LogP contribution is 2.25. The second-order valence-corrected chi connectivity index (χ2v) is 4.37. The SMILES string of the molecule is CCC(NCCN=[N+]=[N-])(C(N)=O)c1ccc(C)cc1. The molecule has 102 valence electrons. The fourth-order valence-corrected chi connectivity index (χ4v) is 2.04. The Hall–Kier alpha value is -2.04. The maximum absolute atomic E-state index is 11.9. The molecule has 0 aromatic heterocycles. The first-order chi connectivity index (χ1) is 9.06. The second-order valence-electron chi connectivity index (χ2n) is 4.37. The first-order valence-corrected chi connectivity index (χ1v) is 6.19. The molecule has 0 aliphatic rings. The summed E-state index contributed by atoms with van der Waals surface area (Å²) in [5.74, 6) is -0.431. The lowest BCUT2D eigenvalue weighted by atomic mass is 9.86. The fourth-order valence-electron chi connectivity index (χ4n) is 2.04. The summed E-state index contributed by atoms with van der Waals surface area (Å²) in [6.07, 6.45) is 0.529. The van der Waals surface area contributed by atoms with E-state index in [4.69, 9.17) is 11.3 Å². The van der Waals surface area contributed by atoms with Crippen LogP contribution >= 0.6 is 0 Å². The van der Waals surface area contributed by atoms with Crippen molar-refractivity contribution in [3.63, 3.8) is 0 Å². The number of azide groups is 1. The van der Waals surface area contributed by atoms with Crippen molar-refractivity contribution in [2.24, 2.45) is 10.8 Å². The van der Waals surface area contributed by atoms with Crippen LogP contribution in [0.2, 0.25) is 0 Å². The van der Waals surface area contributed by atoms with Gasteiger partial charge in [0.1, 0.15) is 5.54 Å². The highest BCUT2D eigenvalue weighted by Gasteiger charge is 2.35. The molecule has 1 aromatic carbocycles. The third kappa shape index (κ3) is 3.47. The van der Waals surface area contributed by atoms with E-state index in [1.807, 2.05) is 38.1 Å². The van der Waals surface area contributed by atoms with Gasteiger partial charge in [-0.25, -0.2) is 0 Å². The summed E-state index contributed by atoms with van der Waals surface area (Å²) in [6, 6.07) is 7.67. The first-order valence-electron chi connectivity index (χ1n) is 6.19. The number of nitrogens with one attached hydrogen (secondary N) is 1. The molecule has 6 heteroatoms. The summed E-state index contributed by atoms with van der Waals surface area (Å²) in [4.78, 5) is 14.5. The van der Waals surface area contributed by atoms with Gasteiger partial charge in [-0.1, -0.05) is 41.9 Å². The van der Waals surface area contributed by atoms with Gasteiger partial charge in [0.15, 0.2) is 0 Å². The van der Waals surface area contributed by atoms with Crippen LogP contribution in [0.4, 0.5) is 0 Å². The molecule has 6 nitrogen and oxygen atoms in total. The topological polar surface area (TPSA) is 104 Å². The zero-order valence-electron chi connectivity index (χ0n) is 11.3. The van der Waals surface area contributed by atoms with E-state index in [9.17, 15) is 4.79 Å². The number of nitrogens with zero attached hydrogens (tertiary/aromatic N) is 3. The molecule has 0 bridgehead atoms. The summed E-state index contributed by atoms with van der Waals surface area (Å²) in [7, 11) is 0. The van der Waals surface area contributed by atoms with Crippen LogP contribution in [0.1, 0.15) is 24.5 Å². The molecule has 1 rings (SSSR count). The largest absolute Gasteiger partial charge is 0.368 e. The number of hydrogen-bond acceptors (Lipinski definition) is 3. The Morgan fingerprint density at radius 1 is 1.47 bits per heavy atom. The fraction of sp³-hybridized carbons (Fsp3) is 0.462. The maximum Gasteiger partial charge on any atom is 0.242 e. The summed E-state index contributed by atoms with van der Waals surface area (Å²) in [6.45, 7) is 4.55. The molecule has 0 spiro atoms. The van der Waals surface area contributed by atoms with Gasteiger partial charge in [-0.2, -0.15) is 0 Å². The van der Waals surface area contributed by atoms with Gasteiger partial charge in [0.25, 0.3) is 0 Å². The second kappa shape index (κ2) is 6.78. The molecule has 19 heavy (non-hydrogen) atoms. The average Bonchev–Trinajstić information content (AvgIpc) is 2.40. The summed E-state index contributed by atoms with van der Waals surface area (Å²) in [5.41, 5.74) is 14.8. The predicted molar refractivity (Wildman–Crippen MR) is 74.4 cm³/mol. The van der Waals surface area contributed by atoms with Gasteiger partial charge in [0.2, 0.25) is 5.91 Å². The standard InChI is InChI=1S/C13H19N5O/c1-3-13(12(14)19,16-8-9-17-18-15)11-6-4-10(2)5-7-11/h4-7,16H,3,8-9H2,1-2H3,(H2,14,19). The number of primary amides is 1. The Kier molecular flexibility index (Phi) is 5.36. The third-order valence-electron chi connectivity index (χ3n) is 3.20. The van der Waals surface area contributed by atoms with E-state index < -0.39 is 11.4 Å². The summed E-state index contributed by atoms with van der Waals surface area (Å²) < 4.78 is 0. The van der Waals surface area contributed by atoms with Crippen molar-refractivity contribution < 1.29 is 4.79 Å². The third-order valence-corrected chi connectivity index (χ3v) is 3.20. The van der Waals surface area contributed by atoms with Gasteiger partial charge >= 0.3 is 0 Å². The van der Waals surface area contributed by atoms with E-state index in [-0.39, 0.29) is 6.54 Å². The number of benzene rings is 1. The van der Waals surface area contributed by atoms with Crippen LogP contribution in [-0.4, -0.2) is 19.0 Å². The number of aryl methyl sites for hydroxylation is 1. The number of rotatable bonds is 7. The van der Waals surface area contributed by atoms with Crippen LogP contribution in [0, 0.1) is 6.92 Å². The van der Waals surface area contributed by atoms with Crippen molar-refractivity contribution in [2.75, 3.05) is 13.1 Å². The molecule has 1 amide bonds. The van der Waals surface area contributed by atoms with Gasteiger partial charge in [-0.3, -0.25) is 10.1 Å². The average molecular weight is 261 g/mol. The van der Waals surface area contributed by atoms with E-state index in [0.29, 0.717) is 13.0 Å². The lowest BCUT2D eigenvalue weighted by molar-refractivity contribution is -0.125. The molecule has 0 radical (unpaired) electrons. The quantitative estimate of drug-likeness (QED) is 0.339. The van der Waals surface area contributed by atoms with Crippen LogP contribution in [0.5, 0.6) is 0 Å². The molecule has 0 aliphatic carbocycles. The van der Waals surface area contributed by atoms with Crippen LogP contribution < -0.4 is 11.1 Å². The van der Waals surface area contributed by atoms with Crippen molar-refractivity contribution in [3.8, 4) is 0 Å². The molecule has 3 N–H and O–H groups in total. The zero-order valence-corrected chi connectivity index (χ0v) is 11.3. The molecule has 0 fully saturated rings.